The Morgan fingerprint density at radius 2 is 1.96 bits per heavy atom. The molecule has 0 radical (unpaired) electrons. The van der Waals surface area contributed by atoms with Crippen molar-refractivity contribution < 1.29 is 4.74 Å². The Morgan fingerprint density at radius 3 is 2.80 bits per heavy atom. The molecular weight excluding hydrogens is 334 g/mol. The summed E-state index contributed by atoms with van der Waals surface area (Å²) in [4.78, 5) is 7.27. The van der Waals surface area contributed by atoms with E-state index in [1.165, 1.54) is 5.52 Å². The van der Waals surface area contributed by atoms with Gasteiger partial charge in [-0.1, -0.05) is 36.9 Å². The lowest BCUT2D eigenvalue weighted by atomic mass is 10.2. The van der Waals surface area contributed by atoms with Crippen molar-refractivity contribution in [3.63, 3.8) is 0 Å². The Bertz CT molecular complexity index is 859. The summed E-state index contributed by atoms with van der Waals surface area (Å²) < 4.78 is 7.75. The van der Waals surface area contributed by atoms with Crippen molar-refractivity contribution in [2.24, 2.45) is 0 Å². The lowest BCUT2D eigenvalue weighted by molar-refractivity contribution is 0.0366. The third-order valence-corrected chi connectivity index (χ3v) is 5.58. The summed E-state index contributed by atoms with van der Waals surface area (Å²) in [5.41, 5.74) is 3.03. The number of nitrogens with zero attached hydrogens (tertiary/aromatic N) is 5. The molecule has 0 unspecified atom stereocenters. The molecule has 1 aliphatic rings. The Morgan fingerprint density at radius 1 is 1.12 bits per heavy atom. The molecule has 2 aromatic heterocycles. The minimum Gasteiger partial charge on any atom is -0.379 e. The van der Waals surface area contributed by atoms with E-state index < -0.39 is 0 Å². The Hall–Kier alpha value is -1.70. The molecule has 1 aliphatic heterocycles. The number of ether oxygens (including phenoxy) is 1. The van der Waals surface area contributed by atoms with E-state index in [9.17, 15) is 0 Å². The highest BCUT2D eigenvalue weighted by molar-refractivity contribution is 7.99. The first kappa shape index (κ1) is 16.8. The van der Waals surface area contributed by atoms with Gasteiger partial charge >= 0.3 is 0 Å². The Kier molecular flexibility index (Phi) is 5.14. The van der Waals surface area contributed by atoms with Crippen LogP contribution in [0.4, 0.5) is 0 Å². The van der Waals surface area contributed by atoms with Crippen LogP contribution in [-0.4, -0.2) is 63.2 Å². The van der Waals surface area contributed by atoms with Crippen LogP contribution < -0.4 is 0 Å². The van der Waals surface area contributed by atoms with Gasteiger partial charge in [0.05, 0.1) is 18.7 Å². The van der Waals surface area contributed by atoms with Crippen LogP contribution in [0.1, 0.15) is 13.3 Å². The summed E-state index contributed by atoms with van der Waals surface area (Å²) in [5, 5.41) is 10.7. The van der Waals surface area contributed by atoms with E-state index in [0.717, 1.165) is 73.3 Å². The van der Waals surface area contributed by atoms with Crippen LogP contribution in [0, 0.1) is 0 Å². The number of morpholine rings is 1. The molecule has 0 aliphatic carbocycles. The fourth-order valence-corrected chi connectivity index (χ4v) is 3.87. The second kappa shape index (κ2) is 7.68. The zero-order valence-electron chi connectivity index (χ0n) is 14.5. The fraction of sp³-hybridized carbons (Fsp3) is 0.500. The molecule has 1 saturated heterocycles. The molecule has 0 atom stereocenters. The van der Waals surface area contributed by atoms with Gasteiger partial charge in [-0.3, -0.25) is 4.90 Å². The molecular formula is C18H23N5OS. The number of benzene rings is 1. The molecule has 1 fully saturated rings. The van der Waals surface area contributed by atoms with Crippen molar-refractivity contribution in [3.8, 4) is 0 Å². The molecule has 6 nitrogen and oxygen atoms in total. The van der Waals surface area contributed by atoms with E-state index in [1.807, 2.05) is 0 Å². The maximum absolute atomic E-state index is 5.45. The predicted molar refractivity (Wildman–Crippen MR) is 101 cm³/mol. The van der Waals surface area contributed by atoms with Crippen molar-refractivity contribution in [2.75, 3.05) is 38.6 Å². The van der Waals surface area contributed by atoms with Gasteiger partial charge in [0.2, 0.25) is 5.16 Å². The van der Waals surface area contributed by atoms with Gasteiger partial charge in [-0.05, 0) is 12.5 Å². The number of hydrogen-bond donors (Lipinski definition) is 0. The second-order valence-electron chi connectivity index (χ2n) is 6.24. The van der Waals surface area contributed by atoms with Gasteiger partial charge in [0.25, 0.3) is 0 Å². The fourth-order valence-electron chi connectivity index (χ4n) is 3.24. The van der Waals surface area contributed by atoms with Crippen LogP contribution in [0.5, 0.6) is 0 Å². The highest BCUT2D eigenvalue weighted by Crippen LogP contribution is 2.27. The van der Waals surface area contributed by atoms with Gasteiger partial charge < -0.3 is 9.30 Å². The molecule has 3 aromatic rings. The average Bonchev–Trinajstić information content (AvgIpc) is 2.98. The molecule has 0 N–H and O–H groups in total. The summed E-state index contributed by atoms with van der Waals surface area (Å²) in [5.74, 6) is 1.02. The van der Waals surface area contributed by atoms with Crippen LogP contribution in [0.15, 0.2) is 29.4 Å². The average molecular weight is 357 g/mol. The first-order chi connectivity index (χ1) is 12.4. The number of fused-ring (bicyclic) bond motifs is 3. The van der Waals surface area contributed by atoms with E-state index in [0.29, 0.717) is 0 Å². The number of aromatic nitrogens is 4. The Labute approximate surface area is 151 Å². The molecule has 25 heavy (non-hydrogen) atoms. The molecule has 3 heterocycles. The summed E-state index contributed by atoms with van der Waals surface area (Å²) in [7, 11) is 0. The van der Waals surface area contributed by atoms with E-state index in [2.05, 4.69) is 50.9 Å². The number of thioether (sulfide) groups is 1. The minimum absolute atomic E-state index is 0.768. The summed E-state index contributed by atoms with van der Waals surface area (Å²) in [6.45, 7) is 7.73. The molecule has 0 saturated carbocycles. The third kappa shape index (κ3) is 3.49. The predicted octanol–water partition coefficient (Wildman–Crippen LogP) is 2.81. The lowest BCUT2D eigenvalue weighted by Crippen LogP contribution is -2.38. The zero-order valence-corrected chi connectivity index (χ0v) is 15.3. The van der Waals surface area contributed by atoms with Gasteiger partial charge in [0, 0.05) is 37.3 Å². The van der Waals surface area contributed by atoms with Crippen LogP contribution in [-0.2, 0) is 11.3 Å². The number of hydrogen-bond acceptors (Lipinski definition) is 6. The quantitative estimate of drug-likeness (QED) is 0.632. The number of para-hydroxylation sites is 1. The molecule has 132 valence electrons. The van der Waals surface area contributed by atoms with E-state index in [-0.39, 0.29) is 0 Å². The first-order valence-electron chi connectivity index (χ1n) is 8.91. The standard InChI is InChI=1S/C18H23N5OS/c1-2-13-25-18-19-17-16(20-21-18)14-5-3-4-6-15(14)23(17)8-7-22-9-11-24-12-10-22/h3-6H,2,7-13H2,1H3. The zero-order chi connectivity index (χ0) is 17.1. The van der Waals surface area contributed by atoms with Crippen molar-refractivity contribution >= 4 is 33.8 Å². The van der Waals surface area contributed by atoms with Crippen molar-refractivity contribution in [2.45, 2.75) is 25.0 Å². The minimum atomic E-state index is 0.768. The Balaban J connectivity index is 1.70. The van der Waals surface area contributed by atoms with Crippen molar-refractivity contribution in [3.05, 3.63) is 24.3 Å². The van der Waals surface area contributed by atoms with Crippen LogP contribution >= 0.6 is 11.8 Å². The maximum Gasteiger partial charge on any atom is 0.211 e. The molecule has 0 bridgehead atoms. The van der Waals surface area contributed by atoms with Gasteiger partial charge in [0.15, 0.2) is 5.65 Å². The van der Waals surface area contributed by atoms with E-state index in [4.69, 9.17) is 9.72 Å². The third-order valence-electron chi connectivity index (χ3n) is 4.53. The van der Waals surface area contributed by atoms with Gasteiger partial charge in [-0.2, -0.15) is 0 Å². The molecule has 0 amide bonds. The summed E-state index contributed by atoms with van der Waals surface area (Å²) >= 11 is 1.68. The van der Waals surface area contributed by atoms with Crippen LogP contribution in [0.25, 0.3) is 22.1 Å². The first-order valence-corrected chi connectivity index (χ1v) is 9.90. The molecule has 4 rings (SSSR count). The SMILES string of the molecule is CCCSc1nnc2c3ccccc3n(CCN3CCOCC3)c2n1. The maximum atomic E-state index is 5.45. The lowest BCUT2D eigenvalue weighted by Gasteiger charge is -2.26. The van der Waals surface area contributed by atoms with Gasteiger partial charge in [-0.15, -0.1) is 10.2 Å². The molecule has 7 heteroatoms. The van der Waals surface area contributed by atoms with Crippen LogP contribution in [0.3, 0.4) is 0 Å². The highest BCUT2D eigenvalue weighted by atomic mass is 32.2. The van der Waals surface area contributed by atoms with Gasteiger partial charge in [-0.25, -0.2) is 4.98 Å². The highest BCUT2D eigenvalue weighted by Gasteiger charge is 2.16. The summed E-state index contributed by atoms with van der Waals surface area (Å²) in [6, 6.07) is 8.39. The number of rotatable bonds is 6. The second-order valence-corrected chi connectivity index (χ2v) is 7.30. The normalized spacial score (nSPS) is 16.0. The summed E-state index contributed by atoms with van der Waals surface area (Å²) in [6.07, 6.45) is 1.10. The van der Waals surface area contributed by atoms with Crippen molar-refractivity contribution in [1.29, 1.82) is 0 Å². The van der Waals surface area contributed by atoms with Crippen LogP contribution in [0.2, 0.25) is 0 Å². The molecule has 1 aromatic carbocycles. The van der Waals surface area contributed by atoms with E-state index in [1.54, 1.807) is 11.8 Å². The molecule has 0 spiro atoms. The monoisotopic (exact) mass is 357 g/mol. The van der Waals surface area contributed by atoms with Crippen molar-refractivity contribution in [1.82, 2.24) is 24.6 Å². The smallest absolute Gasteiger partial charge is 0.211 e. The van der Waals surface area contributed by atoms with Gasteiger partial charge in [0.1, 0.15) is 5.52 Å². The topological polar surface area (TPSA) is 56.1 Å². The largest absolute Gasteiger partial charge is 0.379 e. The van der Waals surface area contributed by atoms with E-state index >= 15 is 0 Å².